The highest BCUT2D eigenvalue weighted by Gasteiger charge is 2.52. The number of halogens is 3. The summed E-state index contributed by atoms with van der Waals surface area (Å²) in [5.41, 5.74) is -0.398. The predicted octanol–water partition coefficient (Wildman–Crippen LogP) is 4.36. The minimum absolute atomic E-state index is 0.0615. The number of hydrogen-bond donors (Lipinski definition) is 1. The number of furan rings is 1. The SMILES string of the molecule is CS(=O)(=O)c1ccc(Nc2ncnc3c(C4(C5CCC(F)(F)CC5)CCCCN4C(=O)[O-])coc23)c(F)c1. The molecule has 38 heavy (non-hydrogen) atoms. The molecule has 3 aromatic rings. The van der Waals surface area contributed by atoms with Gasteiger partial charge >= 0.3 is 0 Å². The number of carbonyl (C=O) groups excluding carboxylic acids is 1. The van der Waals surface area contributed by atoms with Crippen LogP contribution in [0.4, 0.5) is 29.5 Å². The van der Waals surface area contributed by atoms with Crippen LogP contribution in [-0.2, 0) is 15.4 Å². The van der Waals surface area contributed by atoms with Gasteiger partial charge in [-0.2, -0.15) is 0 Å². The topological polar surface area (TPSA) is 128 Å². The van der Waals surface area contributed by atoms with E-state index >= 15 is 0 Å². The number of nitrogens with zero attached hydrogens (tertiary/aromatic N) is 3. The van der Waals surface area contributed by atoms with Crippen LogP contribution in [0.3, 0.4) is 0 Å². The van der Waals surface area contributed by atoms with Crippen molar-refractivity contribution in [2.75, 3.05) is 18.1 Å². The lowest BCUT2D eigenvalue weighted by Crippen LogP contribution is -2.60. The standard InChI is InChI=1S/C25H27F3N4O5S/c1-38(35,36)16-4-5-19(18(26)12-16)31-22-21-20(29-14-30-22)17(13-37-21)25(8-2-3-11-32(25)23(33)34)15-6-9-24(27,28)10-7-15/h4-5,12-15H,2-3,6-11H2,1H3,(H,33,34)(H,29,30,31)/p-1. The Hall–Kier alpha value is -3.35. The average molecular weight is 552 g/mol. The summed E-state index contributed by atoms with van der Waals surface area (Å²) in [6, 6.07) is 3.39. The van der Waals surface area contributed by atoms with E-state index in [1.165, 1.54) is 29.6 Å². The fourth-order valence-electron chi connectivity index (χ4n) is 5.90. The summed E-state index contributed by atoms with van der Waals surface area (Å²) in [5.74, 6) is -3.96. The summed E-state index contributed by atoms with van der Waals surface area (Å²) < 4.78 is 72.1. The van der Waals surface area contributed by atoms with Crippen LogP contribution in [-0.4, -0.2) is 48.1 Å². The Balaban J connectivity index is 1.59. The molecule has 0 radical (unpaired) electrons. The Labute approximate surface area is 217 Å². The van der Waals surface area contributed by atoms with Gasteiger partial charge in [0, 0.05) is 31.2 Å². The molecule has 5 rings (SSSR count). The zero-order chi connectivity index (χ0) is 27.3. The van der Waals surface area contributed by atoms with Crippen molar-refractivity contribution in [2.24, 2.45) is 5.92 Å². The monoisotopic (exact) mass is 551 g/mol. The van der Waals surface area contributed by atoms with Crippen molar-refractivity contribution < 1.29 is 35.9 Å². The van der Waals surface area contributed by atoms with E-state index in [2.05, 4.69) is 15.3 Å². The molecule has 13 heteroatoms. The van der Waals surface area contributed by atoms with Crippen LogP contribution in [0.15, 0.2) is 40.1 Å². The van der Waals surface area contributed by atoms with Gasteiger partial charge in [-0.05, 0) is 56.2 Å². The second-order valence-electron chi connectivity index (χ2n) is 10.0. The van der Waals surface area contributed by atoms with E-state index in [1.807, 2.05) is 0 Å². The maximum atomic E-state index is 14.7. The van der Waals surface area contributed by atoms with Gasteiger partial charge in [0.25, 0.3) is 0 Å². The lowest BCUT2D eigenvalue weighted by molar-refractivity contribution is -0.277. The molecule has 3 heterocycles. The number of sulfone groups is 1. The average Bonchev–Trinajstić information content (AvgIpc) is 3.30. The number of anilines is 2. The maximum absolute atomic E-state index is 14.7. The lowest BCUT2D eigenvalue weighted by Gasteiger charge is -2.54. The van der Waals surface area contributed by atoms with Crippen molar-refractivity contribution in [3.8, 4) is 0 Å². The molecule has 2 aliphatic rings. The van der Waals surface area contributed by atoms with E-state index < -0.39 is 39.1 Å². The number of hydrogen-bond acceptors (Lipinski definition) is 8. The molecule has 204 valence electrons. The third-order valence-electron chi connectivity index (χ3n) is 7.73. The number of piperidine rings is 1. The highest BCUT2D eigenvalue weighted by atomic mass is 32.2. The Bertz CT molecular complexity index is 1490. The van der Waals surface area contributed by atoms with Crippen LogP contribution in [0.1, 0.15) is 50.5 Å². The first kappa shape index (κ1) is 26.3. The second kappa shape index (κ2) is 9.44. The van der Waals surface area contributed by atoms with Crippen LogP contribution in [0.2, 0.25) is 0 Å². The van der Waals surface area contributed by atoms with Crippen molar-refractivity contribution >= 4 is 38.5 Å². The summed E-state index contributed by atoms with van der Waals surface area (Å²) in [6.07, 6.45) is 3.39. The zero-order valence-corrected chi connectivity index (χ0v) is 21.4. The lowest BCUT2D eigenvalue weighted by atomic mass is 9.66. The molecular formula is C25H26F3N4O5S-. The Morgan fingerprint density at radius 2 is 1.92 bits per heavy atom. The van der Waals surface area contributed by atoms with Gasteiger partial charge < -0.3 is 24.5 Å². The van der Waals surface area contributed by atoms with E-state index in [0.29, 0.717) is 24.8 Å². The number of amides is 1. The molecule has 2 fully saturated rings. The van der Waals surface area contributed by atoms with Crippen LogP contribution >= 0.6 is 0 Å². The third kappa shape index (κ3) is 4.56. The molecule has 2 aromatic heterocycles. The molecule has 1 aliphatic carbocycles. The van der Waals surface area contributed by atoms with E-state index in [1.54, 1.807) is 0 Å². The molecule has 1 saturated carbocycles. The summed E-state index contributed by atoms with van der Waals surface area (Å²) in [7, 11) is -3.61. The van der Waals surface area contributed by atoms with Gasteiger partial charge in [0.05, 0.1) is 22.4 Å². The fraction of sp³-hybridized carbons (Fsp3) is 0.480. The van der Waals surface area contributed by atoms with Crippen molar-refractivity contribution in [3.63, 3.8) is 0 Å². The molecule has 1 aliphatic heterocycles. The molecule has 1 aromatic carbocycles. The molecule has 9 nitrogen and oxygen atoms in total. The van der Waals surface area contributed by atoms with Crippen LogP contribution < -0.4 is 10.4 Å². The first-order valence-corrected chi connectivity index (χ1v) is 14.2. The second-order valence-corrected chi connectivity index (χ2v) is 12.0. The van der Waals surface area contributed by atoms with Gasteiger partial charge in [-0.25, -0.2) is 31.6 Å². The summed E-state index contributed by atoms with van der Waals surface area (Å²) >= 11 is 0. The van der Waals surface area contributed by atoms with E-state index in [0.717, 1.165) is 12.3 Å². The number of carbonyl (C=O) groups is 1. The van der Waals surface area contributed by atoms with Crippen molar-refractivity contribution in [1.29, 1.82) is 0 Å². The molecule has 0 spiro atoms. The maximum Gasteiger partial charge on any atom is 0.248 e. The van der Waals surface area contributed by atoms with Crippen molar-refractivity contribution in [3.05, 3.63) is 42.2 Å². The van der Waals surface area contributed by atoms with Crippen LogP contribution in [0.25, 0.3) is 11.1 Å². The normalized spacial score (nSPS) is 22.5. The number of aromatic nitrogens is 2. The summed E-state index contributed by atoms with van der Waals surface area (Å²) in [5, 5.41) is 15.1. The number of nitrogens with one attached hydrogen (secondary N) is 1. The minimum atomic E-state index is -3.61. The molecule has 1 saturated heterocycles. The highest BCUT2D eigenvalue weighted by molar-refractivity contribution is 7.90. The zero-order valence-electron chi connectivity index (χ0n) is 20.5. The number of rotatable bonds is 5. The van der Waals surface area contributed by atoms with Crippen molar-refractivity contribution in [1.82, 2.24) is 14.9 Å². The van der Waals surface area contributed by atoms with Gasteiger partial charge in [-0.15, -0.1) is 0 Å². The fourth-order valence-corrected chi connectivity index (χ4v) is 6.53. The predicted molar refractivity (Wildman–Crippen MR) is 129 cm³/mol. The number of likely N-dealkylation sites (tertiary alicyclic amines) is 1. The molecule has 1 atom stereocenters. The number of carboxylic acid groups (broad SMARTS) is 1. The Kier molecular flexibility index (Phi) is 6.52. The van der Waals surface area contributed by atoms with Crippen molar-refractivity contribution in [2.45, 2.75) is 61.3 Å². The largest absolute Gasteiger partial charge is 0.530 e. The van der Waals surface area contributed by atoms with Gasteiger partial charge in [-0.3, -0.25) is 0 Å². The van der Waals surface area contributed by atoms with Crippen LogP contribution in [0.5, 0.6) is 0 Å². The molecule has 1 unspecified atom stereocenters. The third-order valence-corrected chi connectivity index (χ3v) is 8.84. The molecule has 1 amide bonds. The number of alkyl halides is 2. The van der Waals surface area contributed by atoms with Gasteiger partial charge in [-0.1, -0.05) is 0 Å². The van der Waals surface area contributed by atoms with Gasteiger partial charge in [0.2, 0.25) is 5.92 Å². The minimum Gasteiger partial charge on any atom is -0.530 e. The number of benzene rings is 1. The smallest absolute Gasteiger partial charge is 0.248 e. The quantitative estimate of drug-likeness (QED) is 0.495. The first-order chi connectivity index (χ1) is 17.9. The molecular weight excluding hydrogens is 525 g/mol. The molecule has 0 bridgehead atoms. The first-order valence-electron chi connectivity index (χ1n) is 12.3. The summed E-state index contributed by atoms with van der Waals surface area (Å²) in [4.78, 5) is 21.8. The van der Waals surface area contributed by atoms with E-state index in [4.69, 9.17) is 4.42 Å². The Morgan fingerprint density at radius 1 is 1.18 bits per heavy atom. The molecule has 1 N–H and O–H groups in total. The Morgan fingerprint density at radius 3 is 2.58 bits per heavy atom. The van der Waals surface area contributed by atoms with E-state index in [-0.39, 0.29) is 59.7 Å². The van der Waals surface area contributed by atoms with Crippen LogP contribution in [0, 0.1) is 11.7 Å². The number of fused-ring (bicyclic) bond motifs is 1. The van der Waals surface area contributed by atoms with E-state index in [9.17, 15) is 31.5 Å². The van der Waals surface area contributed by atoms with Gasteiger partial charge in [0.1, 0.15) is 23.8 Å². The highest BCUT2D eigenvalue weighted by Crippen LogP contribution is 2.53. The van der Waals surface area contributed by atoms with Gasteiger partial charge in [0.15, 0.2) is 21.2 Å². The summed E-state index contributed by atoms with van der Waals surface area (Å²) in [6.45, 7) is 0.190.